The summed E-state index contributed by atoms with van der Waals surface area (Å²) < 4.78 is 6.99. The van der Waals surface area contributed by atoms with E-state index in [0.29, 0.717) is 17.8 Å². The summed E-state index contributed by atoms with van der Waals surface area (Å²) in [5, 5.41) is 7.32. The van der Waals surface area contributed by atoms with Gasteiger partial charge in [-0.05, 0) is 11.4 Å². The standard InChI is InChI=1S/C15H15N3O3S/c1-18-11-4-5-21-13(11)7-12(18)15(20)17-9-14(19)16-8-10-3-2-6-22-10/h2-7H,8-9H2,1H3,(H,16,19)(H,17,20). The maximum absolute atomic E-state index is 12.1. The van der Waals surface area contributed by atoms with Crippen molar-refractivity contribution >= 4 is 34.3 Å². The van der Waals surface area contributed by atoms with Crippen LogP contribution in [0.5, 0.6) is 0 Å². The zero-order valence-corrected chi connectivity index (χ0v) is 12.8. The molecule has 0 bridgehead atoms. The lowest BCUT2D eigenvalue weighted by Gasteiger charge is -2.07. The van der Waals surface area contributed by atoms with E-state index in [1.165, 1.54) is 0 Å². The Bertz CT molecular complexity index is 801. The molecule has 3 heterocycles. The number of carbonyl (C=O) groups excluding carboxylic acids is 2. The second kappa shape index (κ2) is 6.07. The highest BCUT2D eigenvalue weighted by atomic mass is 32.1. The number of aromatic nitrogens is 1. The molecule has 0 atom stereocenters. The summed E-state index contributed by atoms with van der Waals surface area (Å²) in [4.78, 5) is 24.9. The van der Waals surface area contributed by atoms with Crippen LogP contribution in [0, 0.1) is 0 Å². The van der Waals surface area contributed by atoms with Crippen molar-refractivity contribution < 1.29 is 14.0 Å². The van der Waals surface area contributed by atoms with Gasteiger partial charge >= 0.3 is 0 Å². The Balaban J connectivity index is 1.54. The summed E-state index contributed by atoms with van der Waals surface area (Å²) in [7, 11) is 1.78. The second-order valence-electron chi connectivity index (χ2n) is 4.80. The van der Waals surface area contributed by atoms with Gasteiger partial charge in [0.25, 0.3) is 5.91 Å². The number of nitrogens with zero attached hydrogens (tertiary/aromatic N) is 1. The van der Waals surface area contributed by atoms with Gasteiger partial charge in [-0.15, -0.1) is 11.3 Å². The van der Waals surface area contributed by atoms with Gasteiger partial charge in [-0.1, -0.05) is 6.07 Å². The predicted octanol–water partition coefficient (Wildman–Crippen LogP) is 1.88. The maximum Gasteiger partial charge on any atom is 0.268 e. The summed E-state index contributed by atoms with van der Waals surface area (Å²) in [5.74, 6) is -0.528. The van der Waals surface area contributed by atoms with Crippen LogP contribution in [0.1, 0.15) is 15.4 Å². The van der Waals surface area contributed by atoms with Crippen LogP contribution < -0.4 is 10.6 Å². The molecule has 2 amide bonds. The molecule has 2 N–H and O–H groups in total. The predicted molar refractivity (Wildman–Crippen MR) is 83.7 cm³/mol. The van der Waals surface area contributed by atoms with E-state index in [1.54, 1.807) is 41.3 Å². The Hall–Kier alpha value is -2.54. The fraction of sp³-hybridized carbons (Fsp3) is 0.200. The number of thiophene rings is 1. The molecule has 3 aromatic heterocycles. The van der Waals surface area contributed by atoms with Gasteiger partial charge < -0.3 is 19.6 Å². The molecule has 114 valence electrons. The van der Waals surface area contributed by atoms with E-state index in [0.717, 1.165) is 10.4 Å². The van der Waals surface area contributed by atoms with E-state index < -0.39 is 0 Å². The van der Waals surface area contributed by atoms with E-state index >= 15 is 0 Å². The Labute approximate surface area is 130 Å². The van der Waals surface area contributed by atoms with E-state index in [9.17, 15) is 9.59 Å². The molecule has 3 aromatic rings. The first-order valence-electron chi connectivity index (χ1n) is 6.75. The highest BCUT2D eigenvalue weighted by Crippen LogP contribution is 2.19. The second-order valence-corrected chi connectivity index (χ2v) is 5.83. The minimum absolute atomic E-state index is 0.0588. The number of carbonyl (C=O) groups is 2. The van der Waals surface area contributed by atoms with Gasteiger partial charge in [0.05, 0.1) is 24.9 Å². The normalized spacial score (nSPS) is 10.8. The van der Waals surface area contributed by atoms with Crippen LogP contribution in [0.3, 0.4) is 0 Å². The van der Waals surface area contributed by atoms with E-state index in [1.807, 2.05) is 17.5 Å². The fourth-order valence-corrected chi connectivity index (χ4v) is 2.83. The van der Waals surface area contributed by atoms with Crippen molar-refractivity contribution in [1.29, 1.82) is 0 Å². The minimum atomic E-state index is -0.305. The highest BCUT2D eigenvalue weighted by molar-refractivity contribution is 7.09. The summed E-state index contributed by atoms with van der Waals surface area (Å²) >= 11 is 1.58. The number of amides is 2. The van der Waals surface area contributed by atoms with E-state index in [-0.39, 0.29) is 18.4 Å². The van der Waals surface area contributed by atoms with E-state index in [2.05, 4.69) is 10.6 Å². The zero-order chi connectivity index (χ0) is 15.5. The Kier molecular flexibility index (Phi) is 3.97. The smallest absolute Gasteiger partial charge is 0.268 e. The summed E-state index contributed by atoms with van der Waals surface area (Å²) in [6, 6.07) is 7.33. The number of hydrogen-bond donors (Lipinski definition) is 2. The average Bonchev–Trinajstić information content (AvgIpc) is 3.22. The molecule has 7 heteroatoms. The number of nitrogens with one attached hydrogen (secondary N) is 2. The van der Waals surface area contributed by atoms with Crippen molar-refractivity contribution in [3.63, 3.8) is 0 Å². The first-order valence-corrected chi connectivity index (χ1v) is 7.63. The summed E-state index contributed by atoms with van der Waals surface area (Å²) in [5.41, 5.74) is 1.95. The lowest BCUT2D eigenvalue weighted by atomic mass is 10.4. The van der Waals surface area contributed by atoms with Crippen LogP contribution in [-0.4, -0.2) is 22.9 Å². The van der Waals surface area contributed by atoms with Gasteiger partial charge in [0, 0.05) is 24.1 Å². The Morgan fingerprint density at radius 2 is 2.18 bits per heavy atom. The number of hydrogen-bond acceptors (Lipinski definition) is 4. The molecule has 0 aliphatic rings. The van der Waals surface area contributed by atoms with Crippen LogP contribution in [0.15, 0.2) is 40.3 Å². The Morgan fingerprint density at radius 1 is 1.32 bits per heavy atom. The van der Waals surface area contributed by atoms with E-state index in [4.69, 9.17) is 4.42 Å². The molecule has 3 rings (SSSR count). The molecule has 0 saturated carbocycles. The first kappa shape index (κ1) is 14.4. The number of fused-ring (bicyclic) bond motifs is 1. The van der Waals surface area contributed by atoms with Gasteiger partial charge in [-0.3, -0.25) is 9.59 Å². The lowest BCUT2D eigenvalue weighted by Crippen LogP contribution is -2.37. The molecule has 6 nitrogen and oxygen atoms in total. The maximum atomic E-state index is 12.1. The van der Waals surface area contributed by atoms with Gasteiger partial charge in [0.2, 0.25) is 5.91 Å². The van der Waals surface area contributed by atoms with Gasteiger partial charge in [-0.25, -0.2) is 0 Å². The van der Waals surface area contributed by atoms with Crippen molar-refractivity contribution in [2.45, 2.75) is 6.54 Å². The number of rotatable bonds is 5. The first-order chi connectivity index (χ1) is 10.6. The van der Waals surface area contributed by atoms with Gasteiger partial charge in [-0.2, -0.15) is 0 Å². The molecule has 0 aromatic carbocycles. The molecule has 0 unspecified atom stereocenters. The number of aryl methyl sites for hydroxylation is 1. The van der Waals surface area contributed by atoms with Crippen molar-refractivity contribution in [1.82, 2.24) is 15.2 Å². The molecule has 0 radical (unpaired) electrons. The van der Waals surface area contributed by atoms with Crippen LogP contribution in [-0.2, 0) is 18.4 Å². The SMILES string of the molecule is Cn1c(C(=O)NCC(=O)NCc2cccs2)cc2occc21. The summed E-state index contributed by atoms with van der Waals surface area (Å²) in [6.45, 7) is 0.417. The largest absolute Gasteiger partial charge is 0.463 e. The number of furan rings is 1. The van der Waals surface area contributed by atoms with Crippen LogP contribution in [0.25, 0.3) is 11.1 Å². The monoisotopic (exact) mass is 317 g/mol. The fourth-order valence-electron chi connectivity index (χ4n) is 2.18. The highest BCUT2D eigenvalue weighted by Gasteiger charge is 2.15. The third-order valence-corrected chi connectivity index (χ3v) is 4.22. The van der Waals surface area contributed by atoms with Crippen LogP contribution in [0.4, 0.5) is 0 Å². The molecule has 0 aliphatic heterocycles. The Morgan fingerprint density at radius 3 is 2.91 bits per heavy atom. The molecule has 0 fully saturated rings. The third-order valence-electron chi connectivity index (χ3n) is 3.35. The molecular formula is C15H15N3O3S. The molecule has 22 heavy (non-hydrogen) atoms. The third kappa shape index (κ3) is 2.89. The van der Waals surface area contributed by atoms with Crippen LogP contribution in [0.2, 0.25) is 0 Å². The minimum Gasteiger partial charge on any atom is -0.463 e. The average molecular weight is 317 g/mol. The topological polar surface area (TPSA) is 76.3 Å². The van der Waals surface area contributed by atoms with Gasteiger partial charge in [0.1, 0.15) is 5.69 Å². The van der Waals surface area contributed by atoms with Crippen molar-refractivity contribution in [2.75, 3.05) is 6.54 Å². The van der Waals surface area contributed by atoms with Crippen molar-refractivity contribution in [3.8, 4) is 0 Å². The van der Waals surface area contributed by atoms with Crippen molar-refractivity contribution in [3.05, 3.63) is 46.5 Å². The summed E-state index contributed by atoms with van der Waals surface area (Å²) in [6.07, 6.45) is 1.57. The molecule has 0 spiro atoms. The zero-order valence-electron chi connectivity index (χ0n) is 12.0. The van der Waals surface area contributed by atoms with Gasteiger partial charge in [0.15, 0.2) is 5.58 Å². The quantitative estimate of drug-likeness (QED) is 0.754. The molecular weight excluding hydrogens is 302 g/mol. The lowest BCUT2D eigenvalue weighted by molar-refractivity contribution is -0.120. The molecule has 0 aliphatic carbocycles. The van der Waals surface area contributed by atoms with Crippen LogP contribution >= 0.6 is 11.3 Å². The van der Waals surface area contributed by atoms with Crippen molar-refractivity contribution in [2.24, 2.45) is 7.05 Å². The molecule has 0 saturated heterocycles.